The molecule has 0 aliphatic carbocycles. The Morgan fingerprint density at radius 3 is 2.56 bits per heavy atom. The van der Waals surface area contributed by atoms with Crippen molar-refractivity contribution in [3.63, 3.8) is 0 Å². The molecule has 2 aromatic rings. The largest absolute Gasteiger partial charge is 0.481 e. The lowest BCUT2D eigenvalue weighted by atomic mass is 10.1. The molecule has 0 spiro atoms. The first-order valence-electron chi connectivity index (χ1n) is 8.01. The minimum Gasteiger partial charge on any atom is -0.481 e. The highest BCUT2D eigenvalue weighted by Gasteiger charge is 2.25. The Labute approximate surface area is 146 Å². The van der Waals surface area contributed by atoms with Crippen molar-refractivity contribution in [3.05, 3.63) is 47.0 Å². The Morgan fingerprint density at radius 1 is 1.28 bits per heavy atom. The lowest BCUT2D eigenvalue weighted by molar-refractivity contribution is -0.148. The van der Waals surface area contributed by atoms with Crippen LogP contribution in [0.2, 0.25) is 0 Å². The average molecular weight is 345 g/mol. The number of amides is 1. The number of aliphatic carboxylic acids is 1. The third-order valence-corrected chi connectivity index (χ3v) is 3.89. The molecule has 0 saturated carbocycles. The topological polar surface area (TPSA) is 95.5 Å². The summed E-state index contributed by atoms with van der Waals surface area (Å²) in [6, 6.07) is 5.58. The predicted molar refractivity (Wildman–Crippen MR) is 92.4 cm³/mol. The number of carboxylic acid groups (broad SMARTS) is 1. The van der Waals surface area contributed by atoms with Crippen LogP contribution in [-0.4, -0.2) is 44.5 Å². The van der Waals surface area contributed by atoms with Crippen LogP contribution in [0.4, 0.5) is 0 Å². The molecule has 0 aliphatic rings. The number of rotatable bonds is 7. The van der Waals surface area contributed by atoms with Crippen LogP contribution in [0.1, 0.15) is 29.6 Å². The third kappa shape index (κ3) is 5.07. The van der Waals surface area contributed by atoms with E-state index in [1.807, 2.05) is 26.0 Å². The van der Waals surface area contributed by atoms with Gasteiger partial charge >= 0.3 is 5.97 Å². The zero-order chi connectivity index (χ0) is 18.6. The molecule has 0 radical (unpaired) electrons. The summed E-state index contributed by atoms with van der Waals surface area (Å²) in [6.07, 6.45) is 0.789. The normalized spacial score (nSPS) is 11.8. The van der Waals surface area contributed by atoms with Crippen LogP contribution in [-0.2, 0) is 16.1 Å². The average Bonchev–Trinajstić information content (AvgIpc) is 2.94. The first kappa shape index (κ1) is 18.5. The zero-order valence-electron chi connectivity index (χ0n) is 14.9. The highest BCUT2D eigenvalue weighted by atomic mass is 16.5. The molecule has 1 unspecified atom stereocenters. The fourth-order valence-corrected chi connectivity index (χ4v) is 2.43. The van der Waals surface area contributed by atoms with Gasteiger partial charge in [-0.25, -0.2) is 4.98 Å². The van der Waals surface area contributed by atoms with E-state index >= 15 is 0 Å². The van der Waals surface area contributed by atoms with Gasteiger partial charge in [0, 0.05) is 0 Å². The quantitative estimate of drug-likeness (QED) is 0.802. The molecule has 0 fully saturated rings. The number of hydrogen-bond donors (Lipinski definition) is 2. The molecule has 2 N–H and O–H groups in total. The van der Waals surface area contributed by atoms with Crippen molar-refractivity contribution in [1.82, 2.24) is 14.9 Å². The highest BCUT2D eigenvalue weighted by molar-refractivity contribution is 5.84. The van der Waals surface area contributed by atoms with Crippen LogP contribution in [0.5, 0.6) is 5.75 Å². The first-order valence-corrected chi connectivity index (χ1v) is 8.01. The van der Waals surface area contributed by atoms with E-state index in [-0.39, 0.29) is 6.54 Å². The van der Waals surface area contributed by atoms with Gasteiger partial charge < -0.3 is 19.7 Å². The van der Waals surface area contributed by atoms with Crippen molar-refractivity contribution < 1.29 is 19.4 Å². The first-order chi connectivity index (χ1) is 11.8. The predicted octanol–water partition coefficient (Wildman–Crippen LogP) is 2.22. The van der Waals surface area contributed by atoms with Gasteiger partial charge in [0.15, 0.2) is 6.10 Å². The molecule has 0 aliphatic heterocycles. The Hall–Kier alpha value is -2.83. The molecule has 7 heteroatoms. The molecule has 25 heavy (non-hydrogen) atoms. The smallest absolute Gasteiger partial charge is 0.323 e. The number of carbonyl (C=O) groups excluding carboxylic acids is 1. The lowest BCUT2D eigenvalue weighted by Gasteiger charge is -2.24. The van der Waals surface area contributed by atoms with Crippen LogP contribution in [0.25, 0.3) is 0 Å². The minimum atomic E-state index is -1.08. The number of aromatic nitrogens is 2. The van der Waals surface area contributed by atoms with E-state index in [0.29, 0.717) is 17.3 Å². The molecule has 7 nitrogen and oxygen atoms in total. The maximum Gasteiger partial charge on any atom is 0.323 e. The number of carbonyl (C=O) groups is 2. The minimum absolute atomic E-state index is 0.132. The molecular weight excluding hydrogens is 322 g/mol. The Bertz CT molecular complexity index is 769. The van der Waals surface area contributed by atoms with Crippen molar-refractivity contribution in [1.29, 1.82) is 0 Å². The third-order valence-electron chi connectivity index (χ3n) is 3.89. The molecular formula is C18H23N3O4. The van der Waals surface area contributed by atoms with Crippen molar-refractivity contribution in [3.8, 4) is 5.75 Å². The molecule has 0 bridgehead atoms. The fourth-order valence-electron chi connectivity index (χ4n) is 2.43. The van der Waals surface area contributed by atoms with Crippen molar-refractivity contribution in [2.75, 3.05) is 6.54 Å². The van der Waals surface area contributed by atoms with Gasteiger partial charge in [0.1, 0.15) is 18.1 Å². The van der Waals surface area contributed by atoms with E-state index in [1.54, 1.807) is 26.1 Å². The van der Waals surface area contributed by atoms with E-state index in [9.17, 15) is 9.59 Å². The van der Waals surface area contributed by atoms with Crippen LogP contribution in [0, 0.1) is 20.8 Å². The van der Waals surface area contributed by atoms with Gasteiger partial charge in [-0.3, -0.25) is 9.59 Å². The van der Waals surface area contributed by atoms with E-state index in [4.69, 9.17) is 9.84 Å². The number of aryl methyl sites for hydroxylation is 3. The number of nitrogens with zero attached hydrogens (tertiary/aromatic N) is 2. The van der Waals surface area contributed by atoms with Crippen molar-refractivity contribution in [2.24, 2.45) is 0 Å². The number of benzene rings is 1. The number of carboxylic acids is 1. The summed E-state index contributed by atoms with van der Waals surface area (Å²) in [5.41, 5.74) is 2.87. The molecule has 134 valence electrons. The summed E-state index contributed by atoms with van der Waals surface area (Å²) in [5.74, 6) is -0.190. The second-order valence-electron chi connectivity index (χ2n) is 6.09. The molecule has 1 heterocycles. The number of imidazole rings is 1. The maximum absolute atomic E-state index is 12.6. The summed E-state index contributed by atoms with van der Waals surface area (Å²) >= 11 is 0. The van der Waals surface area contributed by atoms with Crippen LogP contribution >= 0.6 is 0 Å². The monoisotopic (exact) mass is 345 g/mol. The standard InChI is InChI=1S/C18H23N3O4/c1-11-5-6-16(7-12(11)2)25-13(3)18(24)21(10-17(22)23)9-15-8-19-14(4)20-15/h5-8,13H,9-10H2,1-4H3,(H,19,20)(H,22,23). The van der Waals surface area contributed by atoms with Gasteiger partial charge in [0.05, 0.1) is 18.4 Å². The summed E-state index contributed by atoms with van der Waals surface area (Å²) in [6.45, 7) is 7.09. The lowest BCUT2D eigenvalue weighted by Crippen LogP contribution is -2.42. The molecule has 1 atom stereocenters. The zero-order valence-corrected chi connectivity index (χ0v) is 14.9. The van der Waals surface area contributed by atoms with Gasteiger partial charge in [-0.05, 0) is 51.0 Å². The Kier molecular flexibility index (Phi) is 5.80. The van der Waals surface area contributed by atoms with Gasteiger partial charge in [-0.15, -0.1) is 0 Å². The van der Waals surface area contributed by atoms with E-state index in [0.717, 1.165) is 11.1 Å². The molecule has 0 saturated heterocycles. The van der Waals surface area contributed by atoms with E-state index in [1.165, 1.54) is 4.90 Å². The summed E-state index contributed by atoms with van der Waals surface area (Å²) in [5, 5.41) is 9.09. The van der Waals surface area contributed by atoms with Gasteiger partial charge in [-0.2, -0.15) is 0 Å². The number of nitrogens with one attached hydrogen (secondary N) is 1. The van der Waals surface area contributed by atoms with Crippen LogP contribution < -0.4 is 4.74 Å². The second kappa shape index (κ2) is 7.83. The summed E-state index contributed by atoms with van der Waals surface area (Å²) in [4.78, 5) is 32.1. The van der Waals surface area contributed by atoms with Gasteiger partial charge in [0.2, 0.25) is 0 Å². The van der Waals surface area contributed by atoms with Gasteiger partial charge in [0.25, 0.3) is 5.91 Å². The summed E-state index contributed by atoms with van der Waals surface area (Å²) in [7, 11) is 0. The van der Waals surface area contributed by atoms with Crippen molar-refractivity contribution in [2.45, 2.75) is 40.3 Å². The highest BCUT2D eigenvalue weighted by Crippen LogP contribution is 2.18. The number of aromatic amines is 1. The number of hydrogen-bond acceptors (Lipinski definition) is 4. The van der Waals surface area contributed by atoms with E-state index in [2.05, 4.69) is 9.97 Å². The van der Waals surface area contributed by atoms with Crippen molar-refractivity contribution >= 4 is 11.9 Å². The molecule has 2 rings (SSSR count). The second-order valence-corrected chi connectivity index (χ2v) is 6.09. The SMILES string of the molecule is Cc1ncc(CN(CC(=O)O)C(=O)C(C)Oc2ccc(C)c(C)c2)[nH]1. The Balaban J connectivity index is 2.10. The van der Waals surface area contributed by atoms with E-state index < -0.39 is 24.5 Å². The molecule has 1 amide bonds. The number of H-pyrrole nitrogens is 1. The molecule has 1 aromatic carbocycles. The van der Waals surface area contributed by atoms with Gasteiger partial charge in [-0.1, -0.05) is 6.07 Å². The maximum atomic E-state index is 12.6. The molecule has 1 aromatic heterocycles. The summed E-state index contributed by atoms with van der Waals surface area (Å²) < 4.78 is 5.71. The Morgan fingerprint density at radius 2 is 2.00 bits per heavy atom. The van der Waals surface area contributed by atoms with Crippen LogP contribution in [0.3, 0.4) is 0 Å². The van der Waals surface area contributed by atoms with Crippen LogP contribution in [0.15, 0.2) is 24.4 Å². The fraction of sp³-hybridized carbons (Fsp3) is 0.389. The number of ether oxygens (including phenoxy) is 1.